The van der Waals surface area contributed by atoms with Gasteiger partial charge in [0, 0.05) is 50.4 Å². The molecule has 3 aromatic carbocycles. The van der Waals surface area contributed by atoms with Gasteiger partial charge in [-0.15, -0.1) is 0 Å². The smallest absolute Gasteiger partial charge is 0.405 e. The topological polar surface area (TPSA) is 126 Å². The normalized spacial score (nSPS) is 16.2. The average molecular weight is 873 g/mol. The molecule has 62 heavy (non-hydrogen) atoms. The number of fused-ring (bicyclic) bond motifs is 2. The maximum atomic E-state index is 14.0. The summed E-state index contributed by atoms with van der Waals surface area (Å²) in [7, 11) is 0. The fourth-order valence-corrected chi connectivity index (χ4v) is 8.75. The van der Waals surface area contributed by atoms with Crippen molar-refractivity contribution in [1.29, 1.82) is 0 Å². The summed E-state index contributed by atoms with van der Waals surface area (Å²) in [4.78, 5) is 54.0. The van der Waals surface area contributed by atoms with Gasteiger partial charge in [0.05, 0.1) is 30.0 Å². The largest absolute Gasteiger partial charge is 0.493 e. The minimum atomic E-state index is -4.50. The van der Waals surface area contributed by atoms with Crippen LogP contribution in [0, 0.1) is 6.92 Å². The maximum absolute atomic E-state index is 14.0. The molecular weight excluding hydrogens is 822 g/mol. The van der Waals surface area contributed by atoms with E-state index < -0.39 is 36.3 Å². The Balaban J connectivity index is 1.06. The zero-order valence-corrected chi connectivity index (χ0v) is 36.3. The van der Waals surface area contributed by atoms with Crippen molar-refractivity contribution in [2.45, 2.75) is 71.8 Å². The number of pyridine rings is 1. The molecule has 1 amide bonds. The van der Waals surface area contributed by atoms with Crippen LogP contribution in [0.25, 0.3) is 21.3 Å². The number of carbonyl (C=O) groups is 3. The number of nitrogens with zero attached hydrogens (tertiary/aromatic N) is 5. The van der Waals surface area contributed by atoms with Crippen molar-refractivity contribution in [3.05, 3.63) is 101 Å². The number of para-hydroxylation sites is 1. The first-order valence-electron chi connectivity index (χ1n) is 20.8. The molecule has 1 saturated heterocycles. The summed E-state index contributed by atoms with van der Waals surface area (Å²) in [6.45, 7) is 10.4. The molecule has 16 heteroatoms. The molecule has 2 aliphatic heterocycles. The van der Waals surface area contributed by atoms with Gasteiger partial charge in [0.25, 0.3) is 5.91 Å². The van der Waals surface area contributed by atoms with Gasteiger partial charge in [-0.3, -0.25) is 19.8 Å². The number of ether oxygens (including phenoxy) is 3. The Morgan fingerprint density at radius 1 is 0.919 bits per heavy atom. The minimum Gasteiger partial charge on any atom is -0.493 e. The van der Waals surface area contributed by atoms with Gasteiger partial charge in [0.2, 0.25) is 0 Å². The maximum Gasteiger partial charge on any atom is 0.405 e. The van der Waals surface area contributed by atoms with Crippen LogP contribution in [0.15, 0.2) is 72.8 Å². The number of rotatable bonds is 13. The van der Waals surface area contributed by atoms with E-state index in [9.17, 15) is 27.6 Å². The summed E-state index contributed by atoms with van der Waals surface area (Å²) in [5, 5.41) is 3.51. The van der Waals surface area contributed by atoms with E-state index in [4.69, 9.17) is 19.2 Å². The predicted molar refractivity (Wildman–Crippen MR) is 233 cm³/mol. The van der Waals surface area contributed by atoms with Crippen LogP contribution >= 0.6 is 11.3 Å². The van der Waals surface area contributed by atoms with Gasteiger partial charge in [-0.2, -0.15) is 13.2 Å². The molecule has 1 fully saturated rings. The van der Waals surface area contributed by atoms with E-state index in [1.807, 2.05) is 79.7 Å². The molecule has 0 radical (unpaired) electrons. The van der Waals surface area contributed by atoms with Crippen molar-refractivity contribution in [3.63, 3.8) is 0 Å². The number of anilines is 2. The third kappa shape index (κ3) is 10.5. The van der Waals surface area contributed by atoms with E-state index in [2.05, 4.69) is 15.2 Å². The third-order valence-electron chi connectivity index (χ3n) is 10.9. The zero-order valence-electron chi connectivity index (χ0n) is 35.5. The molecule has 2 aromatic heterocycles. The van der Waals surface area contributed by atoms with Gasteiger partial charge in [0.1, 0.15) is 23.2 Å². The van der Waals surface area contributed by atoms with Gasteiger partial charge in [0.15, 0.2) is 10.8 Å². The summed E-state index contributed by atoms with van der Waals surface area (Å²) in [6, 6.07) is 20.9. The predicted octanol–water partition coefficient (Wildman–Crippen LogP) is 8.32. The second-order valence-corrected chi connectivity index (χ2v) is 17.4. The molecule has 328 valence electrons. The number of nitrogens with one attached hydrogen (secondary N) is 1. The van der Waals surface area contributed by atoms with Gasteiger partial charge in [-0.25, -0.2) is 14.8 Å². The van der Waals surface area contributed by atoms with Crippen LogP contribution in [0.2, 0.25) is 0 Å². The highest BCUT2D eigenvalue weighted by Gasteiger charge is 2.47. The molecule has 0 spiro atoms. The van der Waals surface area contributed by atoms with Gasteiger partial charge in [-0.05, 0) is 106 Å². The summed E-state index contributed by atoms with van der Waals surface area (Å²) >= 11 is 1.42. The van der Waals surface area contributed by atoms with E-state index in [1.54, 1.807) is 32.6 Å². The fourth-order valence-electron chi connectivity index (χ4n) is 7.89. The monoisotopic (exact) mass is 872 g/mol. The highest BCUT2D eigenvalue weighted by Crippen LogP contribution is 2.36. The van der Waals surface area contributed by atoms with Crippen LogP contribution in [-0.2, 0) is 27.2 Å². The van der Waals surface area contributed by atoms with Crippen molar-refractivity contribution < 1.29 is 41.8 Å². The molecule has 4 heterocycles. The van der Waals surface area contributed by atoms with Crippen molar-refractivity contribution in [2.24, 2.45) is 0 Å². The summed E-state index contributed by atoms with van der Waals surface area (Å²) in [6.07, 6.45) is -3.37. The fraction of sp³-hybridized carbons (Fsp3) is 0.413. The second-order valence-electron chi connectivity index (χ2n) is 16.4. The van der Waals surface area contributed by atoms with Crippen LogP contribution in [0.5, 0.6) is 5.75 Å². The lowest BCUT2D eigenvalue weighted by molar-refractivity contribution is -0.199. The Hall–Kier alpha value is -5.58. The molecule has 1 N–H and O–H groups in total. The first-order chi connectivity index (χ1) is 29.6. The van der Waals surface area contributed by atoms with E-state index in [0.717, 1.165) is 31.8 Å². The standard InChI is InChI=1S/C46H51F3N6O6S/c1-6-59-40(56)28-54-24-23-53(27-38(54)46(47,48)49)21-11-25-60-36-16-10-13-31(29(36)2)32-18-19-39(51-41(32)43(58)61-45(3,4)5)55-22-20-30-12-9-14-33(34(30)26-55)42(57)52-44-50-35-15-7-8-17-37(35)62-44/h7-10,12-19,38H,6,11,20-28H2,1-5H3,(H,50,52,57)/t38-/m1/s1. The number of amides is 1. The molecule has 0 bridgehead atoms. The van der Waals surface area contributed by atoms with Gasteiger partial charge >= 0.3 is 18.1 Å². The molecule has 0 aliphatic carbocycles. The number of aromatic nitrogens is 2. The zero-order chi connectivity index (χ0) is 44.2. The van der Waals surface area contributed by atoms with Crippen molar-refractivity contribution >= 4 is 50.3 Å². The van der Waals surface area contributed by atoms with Crippen LogP contribution in [0.3, 0.4) is 0 Å². The highest BCUT2D eigenvalue weighted by atomic mass is 32.1. The first-order valence-corrected chi connectivity index (χ1v) is 21.6. The van der Waals surface area contributed by atoms with Gasteiger partial charge < -0.3 is 24.0 Å². The SMILES string of the molecule is CCOC(=O)CN1CCN(CCCOc2cccc(-c3ccc(N4CCc5cccc(C(=O)Nc6nc7ccccc7s6)c5C4)nc3C(=O)OC(C)(C)C)c2C)C[C@@H]1C(F)(F)F. The Bertz CT molecular complexity index is 2400. The van der Waals surface area contributed by atoms with Crippen LogP contribution in [0.1, 0.15) is 71.7 Å². The molecule has 7 rings (SSSR count). The number of alkyl halides is 3. The average Bonchev–Trinajstić information content (AvgIpc) is 3.64. The Morgan fingerprint density at radius 3 is 2.47 bits per heavy atom. The summed E-state index contributed by atoms with van der Waals surface area (Å²) < 4.78 is 59.9. The second kappa shape index (κ2) is 18.8. The molecule has 2 aliphatic rings. The Kier molecular flexibility index (Phi) is 13.5. The lowest BCUT2D eigenvalue weighted by Gasteiger charge is -2.41. The third-order valence-corrected chi connectivity index (χ3v) is 11.8. The number of hydrogen-bond donors (Lipinski definition) is 1. The lowest BCUT2D eigenvalue weighted by Crippen LogP contribution is -2.60. The number of thiazole rings is 1. The van der Waals surface area contributed by atoms with Crippen LogP contribution in [-0.4, -0.2) is 108 Å². The van der Waals surface area contributed by atoms with Gasteiger partial charge in [-0.1, -0.05) is 47.7 Å². The first kappa shape index (κ1) is 44.5. The Morgan fingerprint density at radius 2 is 1.71 bits per heavy atom. The quantitative estimate of drug-likeness (QED) is 0.0907. The lowest BCUT2D eigenvalue weighted by atomic mass is 9.94. The van der Waals surface area contributed by atoms with E-state index in [0.29, 0.717) is 72.4 Å². The molecule has 0 unspecified atom stereocenters. The number of carbonyl (C=O) groups excluding carboxylic acids is 3. The Labute approximate surface area is 363 Å². The number of esters is 2. The number of benzene rings is 3. The van der Waals surface area contributed by atoms with Crippen molar-refractivity contribution in [1.82, 2.24) is 19.8 Å². The van der Waals surface area contributed by atoms with E-state index in [-0.39, 0.29) is 37.9 Å². The van der Waals surface area contributed by atoms with E-state index in [1.165, 1.54) is 11.3 Å². The number of halogens is 3. The summed E-state index contributed by atoms with van der Waals surface area (Å²) in [5.74, 6) is -0.385. The molecule has 5 aromatic rings. The van der Waals surface area contributed by atoms with Crippen molar-refractivity contribution in [3.8, 4) is 16.9 Å². The minimum absolute atomic E-state index is 0.0901. The van der Waals surface area contributed by atoms with Crippen LogP contribution < -0.4 is 15.0 Å². The molecule has 12 nitrogen and oxygen atoms in total. The molecule has 0 saturated carbocycles. The molecule has 1 atom stereocenters. The van der Waals surface area contributed by atoms with E-state index >= 15 is 0 Å². The molecular formula is C46H51F3N6O6S. The number of piperazine rings is 1. The highest BCUT2D eigenvalue weighted by molar-refractivity contribution is 7.22. The number of hydrogen-bond acceptors (Lipinski definition) is 12. The van der Waals surface area contributed by atoms with Crippen molar-refractivity contribution in [2.75, 3.05) is 62.7 Å². The van der Waals surface area contributed by atoms with Crippen LogP contribution in [0.4, 0.5) is 24.1 Å². The summed E-state index contributed by atoms with van der Waals surface area (Å²) in [5.41, 5.74) is 4.66.